The van der Waals surface area contributed by atoms with Crippen molar-refractivity contribution in [2.24, 2.45) is 0 Å². The zero-order valence-electron chi connectivity index (χ0n) is 15.4. The van der Waals surface area contributed by atoms with Gasteiger partial charge in [-0.05, 0) is 54.6 Å². The average Bonchev–Trinajstić information content (AvgIpc) is 2.76. The molecule has 0 saturated carbocycles. The maximum atomic E-state index is 13.4. The zero-order chi connectivity index (χ0) is 21.1. The third kappa shape index (κ3) is 4.04. The van der Waals surface area contributed by atoms with Gasteiger partial charge in [-0.2, -0.15) is 5.26 Å². The van der Waals surface area contributed by atoms with Crippen LogP contribution in [0.2, 0.25) is 5.02 Å². The molecular weight excluding hydrogens is 405 g/mol. The van der Waals surface area contributed by atoms with E-state index in [0.717, 1.165) is 0 Å². The van der Waals surface area contributed by atoms with Gasteiger partial charge in [0, 0.05) is 22.3 Å². The Morgan fingerprint density at radius 2 is 1.87 bits per heavy atom. The molecule has 3 aromatic carbocycles. The fourth-order valence-corrected chi connectivity index (χ4v) is 3.06. The van der Waals surface area contributed by atoms with Gasteiger partial charge in [-0.3, -0.25) is 4.79 Å². The molecule has 0 radical (unpaired) electrons. The Bertz CT molecular complexity index is 1320. The molecule has 0 aliphatic heterocycles. The molecule has 2 N–H and O–H groups in total. The number of hydrogen-bond acceptors (Lipinski definition) is 5. The molecule has 30 heavy (non-hydrogen) atoms. The first kappa shape index (κ1) is 19.3. The van der Waals surface area contributed by atoms with Crippen LogP contribution in [0, 0.1) is 17.1 Å². The predicted octanol–water partition coefficient (Wildman–Crippen LogP) is 5.29. The smallest absolute Gasteiger partial charge is 0.255 e. The van der Waals surface area contributed by atoms with Crippen molar-refractivity contribution < 1.29 is 9.18 Å². The summed E-state index contributed by atoms with van der Waals surface area (Å²) in [4.78, 5) is 21.0. The number of benzene rings is 3. The molecular formula is C22H13ClFN5O. The van der Waals surface area contributed by atoms with E-state index in [-0.39, 0.29) is 10.9 Å². The molecule has 0 aliphatic rings. The second-order valence-electron chi connectivity index (χ2n) is 6.35. The van der Waals surface area contributed by atoms with Crippen LogP contribution in [-0.2, 0) is 0 Å². The van der Waals surface area contributed by atoms with Gasteiger partial charge in [0.25, 0.3) is 5.91 Å². The molecule has 1 aromatic heterocycles. The number of hydrogen-bond donors (Lipinski definition) is 2. The van der Waals surface area contributed by atoms with Crippen LogP contribution in [0.3, 0.4) is 0 Å². The molecule has 0 spiro atoms. The largest absolute Gasteiger partial charge is 0.340 e. The van der Waals surface area contributed by atoms with Crippen LogP contribution in [-0.4, -0.2) is 15.9 Å². The summed E-state index contributed by atoms with van der Waals surface area (Å²) in [6.07, 6.45) is 1.40. The van der Waals surface area contributed by atoms with E-state index in [0.29, 0.717) is 39.2 Å². The summed E-state index contributed by atoms with van der Waals surface area (Å²) in [5.41, 5.74) is 2.52. The Morgan fingerprint density at radius 3 is 2.67 bits per heavy atom. The van der Waals surface area contributed by atoms with Crippen molar-refractivity contribution in [2.75, 3.05) is 10.6 Å². The lowest BCUT2D eigenvalue weighted by atomic mass is 10.1. The average molecular weight is 418 g/mol. The maximum absolute atomic E-state index is 13.4. The Hall–Kier alpha value is -4.02. The van der Waals surface area contributed by atoms with Crippen LogP contribution in [0.1, 0.15) is 15.9 Å². The van der Waals surface area contributed by atoms with Crippen LogP contribution in [0.15, 0.2) is 67.0 Å². The molecule has 4 rings (SSSR count). The summed E-state index contributed by atoms with van der Waals surface area (Å²) in [5, 5.41) is 15.5. The first-order chi connectivity index (χ1) is 14.5. The van der Waals surface area contributed by atoms with Gasteiger partial charge in [-0.15, -0.1) is 0 Å². The van der Waals surface area contributed by atoms with E-state index in [1.165, 1.54) is 24.5 Å². The number of amides is 1. The summed E-state index contributed by atoms with van der Waals surface area (Å²) in [6, 6.07) is 17.9. The number of carbonyl (C=O) groups excluding carboxylic acids is 1. The lowest BCUT2D eigenvalue weighted by Crippen LogP contribution is -2.12. The second-order valence-corrected chi connectivity index (χ2v) is 6.76. The monoisotopic (exact) mass is 417 g/mol. The number of nitriles is 1. The summed E-state index contributed by atoms with van der Waals surface area (Å²) >= 11 is 5.85. The van der Waals surface area contributed by atoms with E-state index >= 15 is 0 Å². The highest BCUT2D eigenvalue weighted by Gasteiger charge is 2.10. The van der Waals surface area contributed by atoms with Crippen molar-refractivity contribution in [3.05, 3.63) is 89.0 Å². The Morgan fingerprint density at radius 1 is 1.03 bits per heavy atom. The van der Waals surface area contributed by atoms with E-state index in [9.17, 15) is 9.18 Å². The third-order valence-corrected chi connectivity index (χ3v) is 4.62. The lowest BCUT2D eigenvalue weighted by Gasteiger charge is -2.11. The zero-order valence-corrected chi connectivity index (χ0v) is 16.1. The number of anilines is 3. The minimum atomic E-state index is -0.514. The van der Waals surface area contributed by atoms with Crippen molar-refractivity contribution >= 4 is 45.6 Å². The van der Waals surface area contributed by atoms with Gasteiger partial charge in [0.2, 0.25) is 0 Å². The molecule has 0 unspecified atom stereocenters. The molecule has 0 atom stereocenters. The molecule has 8 heteroatoms. The topological polar surface area (TPSA) is 90.7 Å². The second kappa shape index (κ2) is 8.15. The van der Waals surface area contributed by atoms with Gasteiger partial charge in [-0.1, -0.05) is 17.7 Å². The Balaban J connectivity index is 1.64. The van der Waals surface area contributed by atoms with Crippen molar-refractivity contribution in [2.45, 2.75) is 0 Å². The fraction of sp³-hybridized carbons (Fsp3) is 0. The maximum Gasteiger partial charge on any atom is 0.255 e. The van der Waals surface area contributed by atoms with Gasteiger partial charge in [0.1, 0.15) is 18.0 Å². The molecule has 1 amide bonds. The number of fused-ring (bicyclic) bond motifs is 1. The molecule has 1 heterocycles. The Kier molecular flexibility index (Phi) is 5.24. The van der Waals surface area contributed by atoms with E-state index in [2.05, 4.69) is 20.6 Å². The number of rotatable bonds is 4. The summed E-state index contributed by atoms with van der Waals surface area (Å²) in [5.74, 6) is -0.381. The van der Waals surface area contributed by atoms with Crippen molar-refractivity contribution in [3.8, 4) is 6.07 Å². The highest BCUT2D eigenvalue weighted by atomic mass is 35.5. The number of carbonyl (C=O) groups is 1. The molecule has 0 saturated heterocycles. The first-order valence-electron chi connectivity index (χ1n) is 8.82. The third-order valence-electron chi connectivity index (χ3n) is 4.33. The standard InChI is InChI=1S/C22H13ClFN5O/c23-18-10-16(4-6-19(18)24)28-21-17-9-15(5-7-20(17)26-12-27-21)29-22(30)14-3-1-2-13(8-14)11-25/h1-10,12H,(H,29,30)(H,26,27,28). The van der Waals surface area contributed by atoms with E-state index in [1.807, 2.05) is 6.07 Å². The van der Waals surface area contributed by atoms with Crippen molar-refractivity contribution in [3.63, 3.8) is 0 Å². The van der Waals surface area contributed by atoms with Gasteiger partial charge in [-0.25, -0.2) is 14.4 Å². The van der Waals surface area contributed by atoms with Gasteiger partial charge < -0.3 is 10.6 Å². The van der Waals surface area contributed by atoms with E-state index in [4.69, 9.17) is 16.9 Å². The summed E-state index contributed by atoms with van der Waals surface area (Å²) < 4.78 is 13.4. The highest BCUT2D eigenvalue weighted by molar-refractivity contribution is 6.31. The fourth-order valence-electron chi connectivity index (χ4n) is 2.88. The van der Waals surface area contributed by atoms with Crippen molar-refractivity contribution in [1.82, 2.24) is 9.97 Å². The van der Waals surface area contributed by atoms with Crippen LogP contribution in [0.25, 0.3) is 10.9 Å². The molecule has 6 nitrogen and oxygen atoms in total. The number of nitrogens with zero attached hydrogens (tertiary/aromatic N) is 3. The molecule has 0 bridgehead atoms. The van der Waals surface area contributed by atoms with Gasteiger partial charge in [0.05, 0.1) is 22.2 Å². The number of halogens is 2. The van der Waals surface area contributed by atoms with Crippen LogP contribution < -0.4 is 10.6 Å². The number of nitrogens with one attached hydrogen (secondary N) is 2. The minimum absolute atomic E-state index is 0.00841. The molecule has 4 aromatic rings. The summed E-state index contributed by atoms with van der Waals surface area (Å²) in [6.45, 7) is 0. The van der Waals surface area contributed by atoms with Crippen LogP contribution >= 0.6 is 11.6 Å². The normalized spacial score (nSPS) is 10.4. The minimum Gasteiger partial charge on any atom is -0.340 e. The molecule has 0 aliphatic carbocycles. The van der Waals surface area contributed by atoms with Gasteiger partial charge in [0.15, 0.2) is 0 Å². The van der Waals surface area contributed by atoms with Crippen LogP contribution in [0.4, 0.5) is 21.6 Å². The summed E-state index contributed by atoms with van der Waals surface area (Å²) in [7, 11) is 0. The lowest BCUT2D eigenvalue weighted by molar-refractivity contribution is 0.102. The van der Waals surface area contributed by atoms with Crippen molar-refractivity contribution in [1.29, 1.82) is 5.26 Å². The first-order valence-corrected chi connectivity index (χ1v) is 9.19. The number of aromatic nitrogens is 2. The molecule has 146 valence electrons. The predicted molar refractivity (Wildman–Crippen MR) is 113 cm³/mol. The van der Waals surface area contributed by atoms with E-state index in [1.54, 1.807) is 42.5 Å². The highest BCUT2D eigenvalue weighted by Crippen LogP contribution is 2.28. The molecule has 0 fully saturated rings. The Labute approximate surface area is 176 Å². The SMILES string of the molecule is N#Cc1cccc(C(=O)Nc2ccc3ncnc(Nc4ccc(F)c(Cl)c4)c3c2)c1. The van der Waals surface area contributed by atoms with E-state index < -0.39 is 5.82 Å². The quantitative estimate of drug-likeness (QED) is 0.470. The van der Waals surface area contributed by atoms with Crippen LogP contribution in [0.5, 0.6) is 0 Å². The van der Waals surface area contributed by atoms with Gasteiger partial charge >= 0.3 is 0 Å².